The van der Waals surface area contributed by atoms with E-state index < -0.39 is 0 Å². The molecule has 1 saturated carbocycles. The molecule has 3 nitrogen and oxygen atoms in total. The highest BCUT2D eigenvalue weighted by molar-refractivity contribution is 5.43. The van der Waals surface area contributed by atoms with E-state index in [4.69, 9.17) is 4.94 Å². The third-order valence-corrected chi connectivity index (χ3v) is 3.26. The van der Waals surface area contributed by atoms with Gasteiger partial charge in [0, 0.05) is 7.05 Å². The molecule has 3 heteroatoms. The second-order valence-corrected chi connectivity index (χ2v) is 4.37. The Labute approximate surface area is 97.1 Å². The Morgan fingerprint density at radius 3 is 2.38 bits per heavy atom. The van der Waals surface area contributed by atoms with Gasteiger partial charge in [0.05, 0.1) is 5.69 Å². The number of benzene rings is 1. The fraction of sp³-hybridized carbons (Fsp3) is 0.538. The van der Waals surface area contributed by atoms with Crippen LogP contribution >= 0.6 is 0 Å². The van der Waals surface area contributed by atoms with Crippen molar-refractivity contribution < 1.29 is 4.94 Å². The van der Waals surface area contributed by atoms with Gasteiger partial charge in [-0.05, 0) is 36.5 Å². The largest absolute Gasteiger partial charge is 0.248 e. The fourth-order valence-electron chi connectivity index (χ4n) is 2.37. The molecule has 2 rings (SSSR count). The molecule has 0 aromatic heterocycles. The van der Waals surface area contributed by atoms with Crippen molar-refractivity contribution in [3.05, 3.63) is 29.8 Å². The fourth-order valence-corrected chi connectivity index (χ4v) is 2.37. The first-order valence-corrected chi connectivity index (χ1v) is 6.08. The molecule has 1 aromatic rings. The molecule has 0 saturated heterocycles. The quantitative estimate of drug-likeness (QED) is 0.764. The summed E-state index contributed by atoms with van der Waals surface area (Å²) in [4.78, 5) is 4.90. The van der Waals surface area contributed by atoms with Gasteiger partial charge in [-0.1, -0.05) is 31.4 Å². The average molecular weight is 220 g/mol. The van der Waals surface area contributed by atoms with Crippen LogP contribution in [0.2, 0.25) is 0 Å². The first kappa shape index (κ1) is 11.4. The molecule has 1 aliphatic rings. The predicted octanol–water partition coefficient (Wildman–Crippen LogP) is 3.21. The van der Waals surface area contributed by atoms with Gasteiger partial charge in [-0.2, -0.15) is 10.4 Å². The van der Waals surface area contributed by atoms with Gasteiger partial charge in [-0.25, -0.2) is 5.48 Å². The van der Waals surface area contributed by atoms with Crippen LogP contribution in [0.25, 0.3) is 0 Å². The van der Waals surface area contributed by atoms with E-state index in [0.717, 1.165) is 11.6 Å². The summed E-state index contributed by atoms with van der Waals surface area (Å²) in [6, 6.07) is 8.55. The highest BCUT2D eigenvalue weighted by Crippen LogP contribution is 2.32. The van der Waals surface area contributed by atoms with Crippen LogP contribution in [0.3, 0.4) is 0 Å². The second kappa shape index (κ2) is 5.87. The molecular weight excluding hydrogens is 200 g/mol. The highest BCUT2D eigenvalue weighted by atomic mass is 16.8. The number of hydrogen-bond acceptors (Lipinski definition) is 3. The lowest BCUT2D eigenvalue weighted by Gasteiger charge is -2.22. The molecule has 1 aromatic carbocycles. The van der Waals surface area contributed by atoms with Crippen molar-refractivity contribution in [1.29, 1.82) is 0 Å². The van der Waals surface area contributed by atoms with Gasteiger partial charge < -0.3 is 0 Å². The lowest BCUT2D eigenvalue weighted by atomic mass is 9.84. The summed E-state index contributed by atoms with van der Waals surface area (Å²) in [6.07, 6.45) is 6.87. The van der Waals surface area contributed by atoms with E-state index in [-0.39, 0.29) is 0 Å². The Hall–Kier alpha value is -1.06. The minimum Gasteiger partial charge on any atom is -0.248 e. The monoisotopic (exact) mass is 220 g/mol. The van der Waals surface area contributed by atoms with Crippen LogP contribution in [0.5, 0.6) is 0 Å². The normalized spacial score (nSPS) is 17.3. The van der Waals surface area contributed by atoms with Crippen molar-refractivity contribution in [2.24, 2.45) is 0 Å². The third kappa shape index (κ3) is 2.97. The first-order valence-electron chi connectivity index (χ1n) is 6.08. The number of rotatable bonds is 4. The Morgan fingerprint density at radius 2 is 1.75 bits per heavy atom. The van der Waals surface area contributed by atoms with Crippen LogP contribution in [0.15, 0.2) is 24.3 Å². The summed E-state index contributed by atoms with van der Waals surface area (Å²) >= 11 is 0. The van der Waals surface area contributed by atoms with E-state index in [1.807, 2.05) is 0 Å². The highest BCUT2D eigenvalue weighted by Gasteiger charge is 2.14. The van der Waals surface area contributed by atoms with Crippen LogP contribution in [0.1, 0.15) is 43.6 Å². The van der Waals surface area contributed by atoms with Gasteiger partial charge in [0.15, 0.2) is 0 Å². The van der Waals surface area contributed by atoms with E-state index >= 15 is 0 Å². The zero-order valence-electron chi connectivity index (χ0n) is 9.83. The molecule has 0 heterocycles. The predicted molar refractivity (Wildman–Crippen MR) is 66.0 cm³/mol. The molecule has 1 aliphatic carbocycles. The molecule has 0 radical (unpaired) electrons. The van der Waals surface area contributed by atoms with Gasteiger partial charge in [0.1, 0.15) is 0 Å². The minimum atomic E-state index is 0.771. The van der Waals surface area contributed by atoms with E-state index in [0.29, 0.717) is 0 Å². The number of hydroxylamine groups is 1. The van der Waals surface area contributed by atoms with Gasteiger partial charge in [-0.3, -0.25) is 0 Å². The lowest BCUT2D eigenvalue weighted by molar-refractivity contribution is 0.109. The van der Waals surface area contributed by atoms with Gasteiger partial charge >= 0.3 is 0 Å². The summed E-state index contributed by atoms with van der Waals surface area (Å²) in [6.45, 7) is 0. The molecule has 0 spiro atoms. The van der Waals surface area contributed by atoms with Crippen LogP contribution in [-0.2, 0) is 4.94 Å². The molecule has 1 fully saturated rings. The number of hydrogen-bond donors (Lipinski definition) is 2. The van der Waals surface area contributed by atoms with E-state index in [2.05, 4.69) is 35.2 Å². The van der Waals surface area contributed by atoms with Crippen LogP contribution < -0.4 is 11.0 Å². The van der Waals surface area contributed by atoms with Crippen LogP contribution in [0.4, 0.5) is 5.69 Å². The summed E-state index contributed by atoms with van der Waals surface area (Å²) in [5, 5.41) is 0. The van der Waals surface area contributed by atoms with Crippen molar-refractivity contribution in [1.82, 2.24) is 5.48 Å². The van der Waals surface area contributed by atoms with E-state index in [9.17, 15) is 0 Å². The standard InChI is InChI=1S/C13H20N2O/c1-14-16-15-13-9-7-12(8-10-13)11-5-3-2-4-6-11/h7-11,14-15H,2-6H2,1H3. The molecule has 0 bridgehead atoms. The second-order valence-electron chi connectivity index (χ2n) is 4.37. The summed E-state index contributed by atoms with van der Waals surface area (Å²) in [5.74, 6) is 0.771. The van der Waals surface area contributed by atoms with Gasteiger partial charge in [0.25, 0.3) is 0 Å². The van der Waals surface area contributed by atoms with Crippen molar-refractivity contribution in [3.8, 4) is 0 Å². The molecule has 0 unspecified atom stereocenters. The zero-order valence-corrected chi connectivity index (χ0v) is 9.83. The Kier molecular flexibility index (Phi) is 4.19. The van der Waals surface area contributed by atoms with Gasteiger partial charge in [-0.15, -0.1) is 0 Å². The zero-order chi connectivity index (χ0) is 11.2. The topological polar surface area (TPSA) is 33.3 Å². The van der Waals surface area contributed by atoms with E-state index in [1.54, 1.807) is 7.05 Å². The summed E-state index contributed by atoms with van der Waals surface area (Å²) in [7, 11) is 1.73. The molecule has 0 aliphatic heterocycles. The molecule has 2 N–H and O–H groups in total. The number of nitrogens with one attached hydrogen (secondary N) is 2. The maximum atomic E-state index is 4.90. The first-order chi connectivity index (χ1) is 7.90. The van der Waals surface area contributed by atoms with Crippen LogP contribution in [0, 0.1) is 0 Å². The maximum Gasteiger partial charge on any atom is 0.0623 e. The van der Waals surface area contributed by atoms with E-state index in [1.165, 1.54) is 37.7 Å². The SMILES string of the molecule is CNONc1ccc(C2CCCCC2)cc1. The van der Waals surface area contributed by atoms with Crippen molar-refractivity contribution in [2.45, 2.75) is 38.0 Å². The minimum absolute atomic E-state index is 0.771. The molecular formula is C13H20N2O. The Balaban J connectivity index is 1.95. The van der Waals surface area contributed by atoms with Crippen molar-refractivity contribution in [3.63, 3.8) is 0 Å². The average Bonchev–Trinajstić information content (AvgIpc) is 2.38. The summed E-state index contributed by atoms with van der Waals surface area (Å²) in [5.41, 5.74) is 7.84. The van der Waals surface area contributed by atoms with Crippen LogP contribution in [-0.4, -0.2) is 7.05 Å². The molecule has 0 atom stereocenters. The van der Waals surface area contributed by atoms with Gasteiger partial charge in [0.2, 0.25) is 0 Å². The Morgan fingerprint density at radius 1 is 1.06 bits per heavy atom. The van der Waals surface area contributed by atoms with Crippen molar-refractivity contribution in [2.75, 3.05) is 12.5 Å². The smallest absolute Gasteiger partial charge is 0.0623 e. The third-order valence-electron chi connectivity index (χ3n) is 3.26. The molecule has 0 amide bonds. The lowest BCUT2D eigenvalue weighted by Crippen LogP contribution is -2.13. The molecule has 16 heavy (non-hydrogen) atoms. The Bertz CT molecular complexity index is 304. The van der Waals surface area contributed by atoms with Crippen molar-refractivity contribution >= 4 is 5.69 Å². The summed E-state index contributed by atoms with van der Waals surface area (Å²) < 4.78 is 0. The number of anilines is 1. The maximum absolute atomic E-state index is 4.90. The molecule has 88 valence electrons.